The van der Waals surface area contributed by atoms with Crippen molar-refractivity contribution in [2.75, 3.05) is 25.5 Å². The van der Waals surface area contributed by atoms with Crippen molar-refractivity contribution >= 4 is 17.3 Å². The van der Waals surface area contributed by atoms with Crippen molar-refractivity contribution in [3.63, 3.8) is 0 Å². The molecule has 20 heavy (non-hydrogen) atoms. The summed E-state index contributed by atoms with van der Waals surface area (Å²) in [6, 6.07) is 16.4. The predicted molar refractivity (Wildman–Crippen MR) is 87.5 cm³/mol. The quantitative estimate of drug-likeness (QED) is 0.857. The van der Waals surface area contributed by atoms with Crippen molar-refractivity contribution in [2.24, 2.45) is 0 Å². The fourth-order valence-corrected chi connectivity index (χ4v) is 2.35. The van der Waals surface area contributed by atoms with E-state index >= 15 is 0 Å². The van der Waals surface area contributed by atoms with Gasteiger partial charge in [0.25, 0.3) is 0 Å². The summed E-state index contributed by atoms with van der Waals surface area (Å²) >= 11 is 6.11. The van der Waals surface area contributed by atoms with Gasteiger partial charge in [0.1, 0.15) is 0 Å². The zero-order chi connectivity index (χ0) is 14.4. The van der Waals surface area contributed by atoms with Crippen molar-refractivity contribution in [3.05, 3.63) is 64.7 Å². The molecule has 2 aromatic rings. The smallest absolute Gasteiger partial charge is 0.0637 e. The molecule has 0 saturated carbocycles. The van der Waals surface area contributed by atoms with Gasteiger partial charge < -0.3 is 10.2 Å². The van der Waals surface area contributed by atoms with Gasteiger partial charge in [-0.2, -0.15) is 0 Å². The number of hydrogen-bond donors (Lipinski definition) is 1. The van der Waals surface area contributed by atoms with Crippen LogP contribution >= 0.6 is 11.6 Å². The van der Waals surface area contributed by atoms with E-state index in [1.54, 1.807) is 0 Å². The number of nitrogens with one attached hydrogen (secondary N) is 1. The monoisotopic (exact) mass is 288 g/mol. The van der Waals surface area contributed by atoms with Gasteiger partial charge in [0, 0.05) is 19.6 Å². The Bertz CT molecular complexity index is 554. The van der Waals surface area contributed by atoms with Gasteiger partial charge in [0.15, 0.2) is 0 Å². The minimum absolute atomic E-state index is 0.772. The van der Waals surface area contributed by atoms with Crippen LogP contribution in [0, 0.1) is 6.92 Å². The molecule has 0 unspecified atom stereocenters. The normalized spacial score (nSPS) is 10.8. The Morgan fingerprint density at radius 2 is 1.75 bits per heavy atom. The third-order valence-electron chi connectivity index (χ3n) is 3.38. The lowest BCUT2D eigenvalue weighted by molar-refractivity contribution is 0.339. The number of benzene rings is 2. The molecule has 2 aromatic carbocycles. The summed E-state index contributed by atoms with van der Waals surface area (Å²) in [5, 5.41) is 4.14. The van der Waals surface area contributed by atoms with Crippen LogP contribution in [0.25, 0.3) is 0 Å². The highest BCUT2D eigenvalue weighted by molar-refractivity contribution is 6.33. The number of para-hydroxylation sites is 1. The summed E-state index contributed by atoms with van der Waals surface area (Å²) in [5.41, 5.74) is 3.73. The van der Waals surface area contributed by atoms with Crippen LogP contribution in [0.5, 0.6) is 0 Å². The van der Waals surface area contributed by atoms with E-state index in [-0.39, 0.29) is 0 Å². The van der Waals surface area contributed by atoms with Gasteiger partial charge in [-0.05, 0) is 37.2 Å². The summed E-state index contributed by atoms with van der Waals surface area (Å²) in [6.07, 6.45) is 0. The minimum Gasteiger partial charge on any atom is -0.383 e. The van der Waals surface area contributed by atoms with Gasteiger partial charge >= 0.3 is 0 Å². The average molecular weight is 289 g/mol. The average Bonchev–Trinajstić information content (AvgIpc) is 2.43. The standard InChI is InChI=1S/C17H21ClN2/c1-14-7-3-4-8-15(14)13-20(2)12-11-19-17-10-6-5-9-16(17)18/h3-10,19H,11-13H2,1-2H3. The summed E-state index contributed by atoms with van der Waals surface area (Å²) in [4.78, 5) is 2.31. The third-order valence-corrected chi connectivity index (χ3v) is 3.71. The van der Waals surface area contributed by atoms with Gasteiger partial charge in [0.05, 0.1) is 10.7 Å². The second kappa shape index (κ2) is 7.32. The number of halogens is 1. The lowest BCUT2D eigenvalue weighted by Gasteiger charge is -2.19. The molecule has 0 aromatic heterocycles. The first kappa shape index (κ1) is 14.9. The zero-order valence-electron chi connectivity index (χ0n) is 12.1. The highest BCUT2D eigenvalue weighted by Gasteiger charge is 2.03. The van der Waals surface area contributed by atoms with E-state index in [0.29, 0.717) is 0 Å². The van der Waals surface area contributed by atoms with Crippen molar-refractivity contribution in [1.82, 2.24) is 4.90 Å². The molecule has 106 valence electrons. The number of hydrogen-bond acceptors (Lipinski definition) is 2. The van der Waals surface area contributed by atoms with Gasteiger partial charge in [0.2, 0.25) is 0 Å². The van der Waals surface area contributed by atoms with Crippen LogP contribution in [0.4, 0.5) is 5.69 Å². The number of aryl methyl sites for hydroxylation is 1. The Hall–Kier alpha value is -1.51. The van der Waals surface area contributed by atoms with E-state index in [2.05, 4.69) is 48.5 Å². The van der Waals surface area contributed by atoms with Crippen molar-refractivity contribution in [2.45, 2.75) is 13.5 Å². The van der Waals surface area contributed by atoms with E-state index in [1.165, 1.54) is 11.1 Å². The number of nitrogens with zero attached hydrogens (tertiary/aromatic N) is 1. The maximum atomic E-state index is 6.11. The van der Waals surface area contributed by atoms with E-state index in [4.69, 9.17) is 11.6 Å². The third kappa shape index (κ3) is 4.26. The molecule has 0 aliphatic heterocycles. The Morgan fingerprint density at radius 3 is 2.50 bits per heavy atom. The highest BCUT2D eigenvalue weighted by Crippen LogP contribution is 2.20. The minimum atomic E-state index is 0.772. The molecule has 2 nitrogen and oxygen atoms in total. The number of likely N-dealkylation sites (N-methyl/N-ethyl adjacent to an activating group) is 1. The first-order valence-corrected chi connectivity index (χ1v) is 7.26. The Kier molecular flexibility index (Phi) is 5.45. The first-order chi connectivity index (χ1) is 9.66. The Morgan fingerprint density at radius 1 is 1.05 bits per heavy atom. The molecule has 3 heteroatoms. The van der Waals surface area contributed by atoms with Crippen molar-refractivity contribution in [3.8, 4) is 0 Å². The van der Waals surface area contributed by atoms with E-state index < -0.39 is 0 Å². The van der Waals surface area contributed by atoms with Gasteiger partial charge in [-0.15, -0.1) is 0 Å². The molecule has 0 amide bonds. The van der Waals surface area contributed by atoms with Crippen LogP contribution in [0.3, 0.4) is 0 Å². The molecule has 2 rings (SSSR count). The molecule has 0 fully saturated rings. The zero-order valence-corrected chi connectivity index (χ0v) is 12.8. The summed E-state index contributed by atoms with van der Waals surface area (Å²) < 4.78 is 0. The van der Waals surface area contributed by atoms with Gasteiger partial charge in [-0.3, -0.25) is 0 Å². The number of rotatable bonds is 6. The Labute approximate surface area is 126 Å². The molecule has 0 spiro atoms. The molecule has 0 aliphatic rings. The van der Waals surface area contributed by atoms with E-state index in [0.717, 1.165) is 30.3 Å². The molecule has 0 saturated heterocycles. The van der Waals surface area contributed by atoms with Crippen LogP contribution in [-0.4, -0.2) is 25.0 Å². The molecule has 1 N–H and O–H groups in total. The topological polar surface area (TPSA) is 15.3 Å². The number of anilines is 1. The van der Waals surface area contributed by atoms with E-state index in [9.17, 15) is 0 Å². The Balaban J connectivity index is 1.80. The SMILES string of the molecule is Cc1ccccc1CN(C)CCNc1ccccc1Cl. The molecule has 0 radical (unpaired) electrons. The molecular weight excluding hydrogens is 268 g/mol. The fourth-order valence-electron chi connectivity index (χ4n) is 2.14. The van der Waals surface area contributed by atoms with Gasteiger partial charge in [-0.25, -0.2) is 0 Å². The maximum Gasteiger partial charge on any atom is 0.0637 e. The molecule has 0 bridgehead atoms. The lowest BCUT2D eigenvalue weighted by atomic mass is 10.1. The lowest BCUT2D eigenvalue weighted by Crippen LogP contribution is -2.25. The maximum absolute atomic E-state index is 6.11. The van der Waals surface area contributed by atoms with Crippen LogP contribution in [0.1, 0.15) is 11.1 Å². The van der Waals surface area contributed by atoms with Crippen LogP contribution in [-0.2, 0) is 6.54 Å². The highest BCUT2D eigenvalue weighted by atomic mass is 35.5. The summed E-state index contributed by atoms with van der Waals surface area (Å²) in [6.45, 7) is 4.98. The van der Waals surface area contributed by atoms with E-state index in [1.807, 2.05) is 24.3 Å². The van der Waals surface area contributed by atoms with Gasteiger partial charge in [-0.1, -0.05) is 48.0 Å². The molecule has 0 atom stereocenters. The molecule has 0 heterocycles. The second-order valence-corrected chi connectivity index (χ2v) is 5.48. The van der Waals surface area contributed by atoms with Crippen LogP contribution in [0.2, 0.25) is 5.02 Å². The van der Waals surface area contributed by atoms with Crippen LogP contribution in [0.15, 0.2) is 48.5 Å². The van der Waals surface area contributed by atoms with Crippen molar-refractivity contribution in [1.29, 1.82) is 0 Å². The predicted octanol–water partition coefficient (Wildman–Crippen LogP) is 4.19. The van der Waals surface area contributed by atoms with Crippen molar-refractivity contribution < 1.29 is 0 Å². The van der Waals surface area contributed by atoms with Crippen LogP contribution < -0.4 is 5.32 Å². The second-order valence-electron chi connectivity index (χ2n) is 5.07. The molecular formula is C17H21ClN2. The molecule has 0 aliphatic carbocycles. The summed E-state index contributed by atoms with van der Waals surface area (Å²) in [7, 11) is 2.14. The largest absolute Gasteiger partial charge is 0.383 e. The first-order valence-electron chi connectivity index (χ1n) is 6.88. The fraction of sp³-hybridized carbons (Fsp3) is 0.294. The summed E-state index contributed by atoms with van der Waals surface area (Å²) in [5.74, 6) is 0.